The fourth-order valence-corrected chi connectivity index (χ4v) is 2.84. The molecular weight excluding hydrogens is 368 g/mol. The molecule has 0 spiro atoms. The summed E-state index contributed by atoms with van der Waals surface area (Å²) in [4.78, 5) is 49.9. The monoisotopic (exact) mass is 382 g/mol. The molecule has 3 amide bonds. The molecule has 2 heterocycles. The number of nitrogens with zero attached hydrogens (tertiary/aromatic N) is 4. The highest BCUT2D eigenvalue weighted by Gasteiger charge is 2.38. The first-order valence-corrected chi connectivity index (χ1v) is 8.24. The number of rotatable bonds is 7. The van der Waals surface area contributed by atoms with E-state index < -0.39 is 29.2 Å². The molecular formula is C18H14N4O6. The summed E-state index contributed by atoms with van der Waals surface area (Å²) in [5.74, 6) is -1.52. The van der Waals surface area contributed by atoms with Crippen LogP contribution >= 0.6 is 0 Å². The second-order valence-corrected chi connectivity index (χ2v) is 5.99. The van der Waals surface area contributed by atoms with E-state index >= 15 is 0 Å². The van der Waals surface area contributed by atoms with E-state index in [4.69, 9.17) is 9.68 Å². The zero-order valence-electron chi connectivity index (χ0n) is 14.5. The standard InChI is InChI=1S/C18H14N4O6/c19-6-2-7-20(10-13-3-1-8-28-13)16(23)11-21-17(24)14-5-4-12(22(26)27)9-15(14)18(21)25/h1,3-5,8-9H,2,7,10-11H2. The number of benzene rings is 1. The maximum Gasteiger partial charge on any atom is 0.270 e. The molecule has 1 aliphatic heterocycles. The van der Waals surface area contributed by atoms with E-state index in [1.165, 1.54) is 17.2 Å². The summed E-state index contributed by atoms with van der Waals surface area (Å²) >= 11 is 0. The molecule has 0 saturated heterocycles. The normalized spacial score (nSPS) is 12.6. The third-order valence-electron chi connectivity index (χ3n) is 4.23. The number of fused-ring (bicyclic) bond motifs is 1. The van der Waals surface area contributed by atoms with E-state index in [0.717, 1.165) is 17.0 Å². The summed E-state index contributed by atoms with van der Waals surface area (Å²) in [7, 11) is 0. The Balaban J connectivity index is 1.78. The SMILES string of the molecule is N#CCCN(Cc1ccco1)C(=O)CN1C(=O)c2ccc([N+](=O)[O-])cc2C1=O. The molecule has 1 aliphatic rings. The van der Waals surface area contributed by atoms with E-state index in [-0.39, 0.29) is 36.3 Å². The number of non-ortho nitro benzene ring substituents is 1. The number of hydrogen-bond acceptors (Lipinski definition) is 7. The molecule has 10 heteroatoms. The molecule has 1 aromatic heterocycles. The third-order valence-corrected chi connectivity index (χ3v) is 4.23. The summed E-state index contributed by atoms with van der Waals surface area (Å²) in [6, 6.07) is 8.61. The van der Waals surface area contributed by atoms with E-state index in [1.54, 1.807) is 12.1 Å². The van der Waals surface area contributed by atoms with Gasteiger partial charge in [0.25, 0.3) is 17.5 Å². The summed E-state index contributed by atoms with van der Waals surface area (Å²) in [5, 5.41) is 19.7. The number of carbonyl (C=O) groups is 3. The van der Waals surface area contributed by atoms with Gasteiger partial charge in [0.05, 0.1) is 41.3 Å². The van der Waals surface area contributed by atoms with E-state index in [9.17, 15) is 24.5 Å². The molecule has 0 aliphatic carbocycles. The Morgan fingerprint density at radius 3 is 2.64 bits per heavy atom. The molecule has 2 aromatic rings. The average Bonchev–Trinajstić information content (AvgIpc) is 3.27. The minimum Gasteiger partial charge on any atom is -0.467 e. The first-order valence-electron chi connectivity index (χ1n) is 8.24. The Bertz CT molecular complexity index is 992. The van der Waals surface area contributed by atoms with Crippen LogP contribution < -0.4 is 0 Å². The minimum atomic E-state index is -0.768. The number of furan rings is 1. The quantitative estimate of drug-likeness (QED) is 0.404. The molecule has 0 fully saturated rings. The minimum absolute atomic E-state index is 0.0120. The van der Waals surface area contributed by atoms with Crippen molar-refractivity contribution in [3.8, 4) is 6.07 Å². The van der Waals surface area contributed by atoms with Gasteiger partial charge in [0.1, 0.15) is 12.3 Å². The number of carbonyl (C=O) groups excluding carboxylic acids is 3. The van der Waals surface area contributed by atoms with Gasteiger partial charge in [-0.1, -0.05) is 0 Å². The average molecular weight is 382 g/mol. The van der Waals surface area contributed by atoms with Gasteiger partial charge in [0.15, 0.2) is 0 Å². The Labute approximate surface area is 158 Å². The summed E-state index contributed by atoms with van der Waals surface area (Å²) in [6.07, 6.45) is 1.51. The Morgan fingerprint density at radius 2 is 2.00 bits per heavy atom. The Kier molecular flexibility index (Phi) is 5.17. The van der Waals surface area contributed by atoms with Gasteiger partial charge in [0.2, 0.25) is 5.91 Å². The largest absolute Gasteiger partial charge is 0.467 e. The van der Waals surface area contributed by atoms with E-state index in [2.05, 4.69) is 0 Å². The van der Waals surface area contributed by atoms with Gasteiger partial charge in [-0.2, -0.15) is 5.26 Å². The maximum atomic E-state index is 12.7. The number of imide groups is 1. The first kappa shape index (κ1) is 18.8. The Hall–Kier alpha value is -4.00. The smallest absolute Gasteiger partial charge is 0.270 e. The van der Waals surface area contributed by atoms with Crippen molar-refractivity contribution < 1.29 is 23.7 Å². The molecule has 0 atom stereocenters. The second kappa shape index (κ2) is 7.71. The molecule has 0 saturated carbocycles. The first-order chi connectivity index (χ1) is 13.4. The highest BCUT2D eigenvalue weighted by atomic mass is 16.6. The highest BCUT2D eigenvalue weighted by molar-refractivity contribution is 6.22. The van der Waals surface area contributed by atoms with Crippen molar-refractivity contribution in [1.29, 1.82) is 5.26 Å². The lowest BCUT2D eigenvalue weighted by Crippen LogP contribution is -2.42. The van der Waals surface area contributed by atoms with Crippen LogP contribution in [0.1, 0.15) is 32.9 Å². The lowest BCUT2D eigenvalue weighted by molar-refractivity contribution is -0.384. The van der Waals surface area contributed by atoms with Gasteiger partial charge in [-0.3, -0.25) is 29.4 Å². The van der Waals surface area contributed by atoms with Crippen LogP contribution in [0, 0.1) is 21.4 Å². The molecule has 142 valence electrons. The van der Waals surface area contributed by atoms with Gasteiger partial charge in [-0.05, 0) is 18.2 Å². The van der Waals surface area contributed by atoms with Gasteiger partial charge in [0, 0.05) is 18.7 Å². The van der Waals surface area contributed by atoms with Crippen LogP contribution in [0.2, 0.25) is 0 Å². The topological polar surface area (TPSA) is 138 Å². The summed E-state index contributed by atoms with van der Waals surface area (Å²) in [5.41, 5.74) is -0.416. The van der Waals surface area contributed by atoms with Crippen molar-refractivity contribution in [2.45, 2.75) is 13.0 Å². The van der Waals surface area contributed by atoms with Crippen LogP contribution in [-0.2, 0) is 11.3 Å². The zero-order chi connectivity index (χ0) is 20.3. The molecule has 10 nitrogen and oxygen atoms in total. The predicted octanol–water partition coefficient (Wildman–Crippen LogP) is 1.73. The number of nitro benzene ring substituents is 1. The second-order valence-electron chi connectivity index (χ2n) is 5.99. The van der Waals surface area contributed by atoms with Crippen LogP contribution in [0.5, 0.6) is 0 Å². The van der Waals surface area contributed by atoms with Crippen molar-refractivity contribution in [3.63, 3.8) is 0 Å². The number of hydrogen-bond donors (Lipinski definition) is 0. The lowest BCUT2D eigenvalue weighted by atomic mass is 10.1. The third kappa shape index (κ3) is 3.59. The number of nitriles is 1. The zero-order valence-corrected chi connectivity index (χ0v) is 14.5. The van der Waals surface area contributed by atoms with Crippen LogP contribution in [-0.4, -0.2) is 45.5 Å². The number of amides is 3. The summed E-state index contributed by atoms with van der Waals surface area (Å²) in [6.45, 7) is -0.348. The van der Waals surface area contributed by atoms with Crippen molar-refractivity contribution >= 4 is 23.4 Å². The molecule has 0 N–H and O–H groups in total. The molecule has 0 unspecified atom stereocenters. The molecule has 0 radical (unpaired) electrons. The summed E-state index contributed by atoms with van der Waals surface area (Å²) < 4.78 is 5.20. The van der Waals surface area contributed by atoms with Gasteiger partial charge in [-0.25, -0.2) is 0 Å². The van der Waals surface area contributed by atoms with Crippen molar-refractivity contribution in [2.75, 3.05) is 13.1 Å². The van der Waals surface area contributed by atoms with Gasteiger partial charge in [-0.15, -0.1) is 0 Å². The molecule has 3 rings (SSSR count). The van der Waals surface area contributed by atoms with E-state index in [0.29, 0.717) is 5.76 Å². The molecule has 0 bridgehead atoms. The highest BCUT2D eigenvalue weighted by Crippen LogP contribution is 2.26. The van der Waals surface area contributed by atoms with Crippen LogP contribution in [0.15, 0.2) is 41.0 Å². The fraction of sp³-hybridized carbons (Fsp3) is 0.222. The van der Waals surface area contributed by atoms with Crippen molar-refractivity contribution in [2.24, 2.45) is 0 Å². The van der Waals surface area contributed by atoms with Gasteiger partial charge >= 0.3 is 0 Å². The number of nitro groups is 1. The van der Waals surface area contributed by atoms with Crippen LogP contribution in [0.3, 0.4) is 0 Å². The van der Waals surface area contributed by atoms with E-state index in [1.807, 2.05) is 6.07 Å². The maximum absolute atomic E-state index is 12.7. The van der Waals surface area contributed by atoms with Crippen LogP contribution in [0.4, 0.5) is 5.69 Å². The van der Waals surface area contributed by atoms with Crippen LogP contribution in [0.25, 0.3) is 0 Å². The molecule has 1 aromatic carbocycles. The van der Waals surface area contributed by atoms with Gasteiger partial charge < -0.3 is 9.32 Å². The Morgan fingerprint density at radius 1 is 1.25 bits per heavy atom. The molecule has 28 heavy (non-hydrogen) atoms. The lowest BCUT2D eigenvalue weighted by Gasteiger charge is -2.23. The van der Waals surface area contributed by atoms with Crippen molar-refractivity contribution in [1.82, 2.24) is 9.80 Å². The predicted molar refractivity (Wildman–Crippen MR) is 92.8 cm³/mol. The fourth-order valence-electron chi connectivity index (χ4n) is 2.84. The van der Waals surface area contributed by atoms with Crippen molar-refractivity contribution in [3.05, 3.63) is 63.6 Å².